The molecule has 0 fully saturated rings. The normalized spacial score (nSPS) is 19.2. The second-order valence-electron chi connectivity index (χ2n) is 4.02. The molecule has 83 valence electrons. The maximum atomic E-state index is 2.31. The summed E-state index contributed by atoms with van der Waals surface area (Å²) in [5.41, 5.74) is 6.03. The van der Waals surface area contributed by atoms with Crippen molar-refractivity contribution in [2.45, 2.75) is 38.3 Å². The Balaban J connectivity index is 0. The molecule has 0 amide bonds. The van der Waals surface area contributed by atoms with Crippen LogP contribution in [0, 0.1) is 0 Å². The number of hydrogen-bond acceptors (Lipinski definition) is 0. The van der Waals surface area contributed by atoms with Crippen molar-refractivity contribution in [2.24, 2.45) is 0 Å². The summed E-state index contributed by atoms with van der Waals surface area (Å²) in [6.45, 7) is 8.83. The van der Waals surface area contributed by atoms with Gasteiger partial charge in [0.15, 0.2) is 0 Å². The van der Waals surface area contributed by atoms with E-state index in [0.717, 1.165) is 6.42 Å². The predicted molar refractivity (Wildman–Crippen MR) is 54.3 cm³/mol. The van der Waals surface area contributed by atoms with Crippen molar-refractivity contribution >= 4 is 0 Å². The number of allylic oxidation sites excluding steroid dienone is 6. The van der Waals surface area contributed by atoms with Gasteiger partial charge in [-0.3, -0.25) is 0 Å². The largest absolute Gasteiger partial charge is 1.00 e. The third kappa shape index (κ3) is 4.48. The molecule has 0 saturated heterocycles. The van der Waals surface area contributed by atoms with Gasteiger partial charge < -0.3 is 24.8 Å². The van der Waals surface area contributed by atoms with Crippen LogP contribution in [0.15, 0.2) is 34.4 Å². The average molecular weight is 280 g/mol. The van der Waals surface area contributed by atoms with Gasteiger partial charge in [0.2, 0.25) is 0 Å². The van der Waals surface area contributed by atoms with E-state index in [0.29, 0.717) is 4.22 Å². The topological polar surface area (TPSA) is 0 Å². The summed E-state index contributed by atoms with van der Waals surface area (Å²) in [7, 11) is 0. The molecular weight excluding hydrogens is 263 g/mol. The molecule has 0 aromatic rings. The predicted octanol–water partition coefficient (Wildman–Crippen LogP) is -2.04. The summed E-state index contributed by atoms with van der Waals surface area (Å²) < 4.78 is 0.625. The van der Waals surface area contributed by atoms with Crippen LogP contribution >= 0.6 is 0 Å². The molecule has 0 aromatic carbocycles. The third-order valence-electron chi connectivity index (χ3n) is 2.51. The van der Waals surface area contributed by atoms with Gasteiger partial charge in [0, 0.05) is 0 Å². The van der Waals surface area contributed by atoms with E-state index in [9.17, 15) is 0 Å². The molecule has 15 heavy (non-hydrogen) atoms. The minimum absolute atomic E-state index is 0. The monoisotopic (exact) mass is 279 g/mol. The van der Waals surface area contributed by atoms with Gasteiger partial charge in [0.05, 0.1) is 0 Å². The first-order chi connectivity index (χ1) is 6.04. The fourth-order valence-electron chi connectivity index (χ4n) is 1.66. The molecule has 1 rings (SSSR count). The van der Waals surface area contributed by atoms with Gasteiger partial charge in [0.1, 0.15) is 0 Å². The van der Waals surface area contributed by atoms with Crippen molar-refractivity contribution < 1.29 is 45.2 Å². The molecule has 0 spiro atoms. The Morgan fingerprint density at radius 1 is 1.13 bits per heavy atom. The molecule has 0 heterocycles. The first kappa shape index (κ1) is 17.9. The summed E-state index contributed by atoms with van der Waals surface area (Å²) in [6.07, 6.45) is 5.71. The molecule has 0 saturated carbocycles. The number of rotatable bonds is 0. The molecule has 1 unspecified atom stereocenters. The van der Waals surface area contributed by atoms with Crippen LogP contribution in [-0.4, -0.2) is 0 Å². The summed E-state index contributed by atoms with van der Waals surface area (Å²) in [6, 6.07) is 0. The molecule has 0 nitrogen and oxygen atoms in total. The Bertz CT molecular complexity index is 293. The van der Waals surface area contributed by atoms with Crippen molar-refractivity contribution in [1.29, 1.82) is 0 Å². The fourth-order valence-corrected chi connectivity index (χ4v) is 2.90. The zero-order chi connectivity index (χ0) is 10.0. The Labute approximate surface area is 118 Å². The number of hydrogen-bond donors (Lipinski definition) is 0. The molecule has 3 heteroatoms. The van der Waals surface area contributed by atoms with Crippen LogP contribution in [0.25, 0.3) is 0 Å². The molecule has 0 aromatic heterocycles. The fraction of sp³-hybridized carbons (Fsp3) is 0.500. The van der Waals surface area contributed by atoms with Crippen molar-refractivity contribution in [1.82, 2.24) is 0 Å². The second-order valence-corrected chi connectivity index (χ2v) is 4.92. The Morgan fingerprint density at radius 3 is 2.07 bits per heavy atom. The molecule has 0 N–H and O–H groups in total. The van der Waals surface area contributed by atoms with Gasteiger partial charge >= 0.3 is 93.2 Å². The Morgan fingerprint density at radius 2 is 1.67 bits per heavy atom. The van der Waals surface area contributed by atoms with Gasteiger partial charge in [-0.05, 0) is 0 Å². The van der Waals surface area contributed by atoms with Crippen LogP contribution in [0.1, 0.15) is 34.1 Å². The summed E-state index contributed by atoms with van der Waals surface area (Å²) in [4.78, 5) is 0. The number of halogens is 2. The summed E-state index contributed by atoms with van der Waals surface area (Å²) >= 11 is 2.31. The SMILES string of the molecule is CC(C)=C1C=CCC(=C(C)C)[CH]1[Ti+2].[Cl-].[Cl-]. The zero-order valence-corrected chi connectivity index (χ0v) is 12.8. The summed E-state index contributed by atoms with van der Waals surface area (Å²) in [5, 5.41) is 0. The average Bonchev–Trinajstić information content (AvgIpc) is 2.03. The molecule has 0 radical (unpaired) electrons. The molecule has 0 bridgehead atoms. The van der Waals surface area contributed by atoms with E-state index in [1.54, 1.807) is 5.57 Å². The molecule has 1 atom stereocenters. The van der Waals surface area contributed by atoms with E-state index in [1.165, 1.54) is 16.7 Å². The van der Waals surface area contributed by atoms with E-state index in [4.69, 9.17) is 0 Å². The van der Waals surface area contributed by atoms with Gasteiger partial charge in [-0.2, -0.15) is 0 Å². The van der Waals surface area contributed by atoms with E-state index in [-0.39, 0.29) is 24.8 Å². The first-order valence-corrected chi connectivity index (χ1v) is 5.65. The van der Waals surface area contributed by atoms with E-state index in [2.05, 4.69) is 60.3 Å². The van der Waals surface area contributed by atoms with Gasteiger partial charge in [-0.1, -0.05) is 0 Å². The maximum absolute atomic E-state index is 2.31. The van der Waals surface area contributed by atoms with Crippen molar-refractivity contribution in [2.75, 3.05) is 0 Å². The zero-order valence-electron chi connectivity index (χ0n) is 9.70. The van der Waals surface area contributed by atoms with Gasteiger partial charge in [-0.25, -0.2) is 0 Å². The maximum Gasteiger partial charge on any atom is -1.00 e. The van der Waals surface area contributed by atoms with Crippen LogP contribution in [0.4, 0.5) is 0 Å². The summed E-state index contributed by atoms with van der Waals surface area (Å²) in [5.74, 6) is 0. The Kier molecular flexibility index (Phi) is 9.23. The van der Waals surface area contributed by atoms with Gasteiger partial charge in [-0.15, -0.1) is 0 Å². The smallest absolute Gasteiger partial charge is 1.00 e. The van der Waals surface area contributed by atoms with Crippen molar-refractivity contribution in [3.63, 3.8) is 0 Å². The van der Waals surface area contributed by atoms with Crippen molar-refractivity contribution in [3.05, 3.63) is 34.4 Å². The first-order valence-electron chi connectivity index (χ1n) is 4.75. The van der Waals surface area contributed by atoms with Gasteiger partial charge in [0.25, 0.3) is 0 Å². The minimum atomic E-state index is 0. The minimum Gasteiger partial charge on any atom is -1.00 e. The molecule has 1 aliphatic rings. The van der Waals surface area contributed by atoms with E-state index in [1.807, 2.05) is 0 Å². The van der Waals surface area contributed by atoms with Crippen LogP contribution in [0.3, 0.4) is 0 Å². The Hall–Kier alpha value is 0.514. The van der Waals surface area contributed by atoms with E-state index >= 15 is 0 Å². The molecular formula is C12H17Cl2Ti. The van der Waals surface area contributed by atoms with Crippen LogP contribution < -0.4 is 24.8 Å². The standard InChI is InChI=1S/C12H17.2ClH.Ti/c1-9(2)11-6-5-7-12(8-11)10(3)4;;;/h5-6,8H,7H2,1-4H3;2*1H;/q;;;+2/p-2. The third-order valence-corrected chi connectivity index (χ3v) is 3.54. The molecule has 0 aliphatic heterocycles. The van der Waals surface area contributed by atoms with E-state index < -0.39 is 0 Å². The van der Waals surface area contributed by atoms with Crippen LogP contribution in [-0.2, 0) is 20.4 Å². The van der Waals surface area contributed by atoms with Crippen LogP contribution in [0.5, 0.6) is 0 Å². The quantitative estimate of drug-likeness (QED) is 0.354. The second kappa shape index (κ2) is 7.73. The van der Waals surface area contributed by atoms with Crippen molar-refractivity contribution in [3.8, 4) is 0 Å². The molecule has 1 aliphatic carbocycles. The van der Waals surface area contributed by atoms with Crippen LogP contribution in [0.2, 0.25) is 4.22 Å².